The second-order valence-electron chi connectivity index (χ2n) is 8.65. The summed E-state index contributed by atoms with van der Waals surface area (Å²) in [6.07, 6.45) is 15.3. The van der Waals surface area contributed by atoms with E-state index in [1.165, 1.54) is 62.1 Å². The van der Waals surface area contributed by atoms with Crippen molar-refractivity contribution in [3.63, 3.8) is 0 Å². The molecule has 0 amide bonds. The third kappa shape index (κ3) is 12.2. The van der Waals surface area contributed by atoms with Crippen molar-refractivity contribution in [2.75, 3.05) is 18.4 Å². The smallest absolute Gasteiger partial charge is 0.158 e. The molecule has 0 aromatic carbocycles. The lowest BCUT2D eigenvalue weighted by Gasteiger charge is -2.12. The highest BCUT2D eigenvalue weighted by Crippen LogP contribution is 2.23. The molecule has 0 saturated carbocycles. The fourth-order valence-electron chi connectivity index (χ4n) is 3.39. The Balaban J connectivity index is 2.10. The summed E-state index contributed by atoms with van der Waals surface area (Å²) >= 11 is 1.36. The second-order valence-corrected chi connectivity index (χ2v) is 9.91. The third-order valence-electron chi connectivity index (χ3n) is 5.50. The maximum atomic E-state index is 14.5. The van der Waals surface area contributed by atoms with E-state index >= 15 is 0 Å². The molecule has 37 heavy (non-hydrogen) atoms. The summed E-state index contributed by atoms with van der Waals surface area (Å²) < 4.78 is 28.2. The van der Waals surface area contributed by atoms with Gasteiger partial charge in [0.05, 0.1) is 11.2 Å². The lowest BCUT2D eigenvalue weighted by Crippen LogP contribution is -2.14. The Kier molecular flexibility index (Phi) is 14.2. The molecule has 7 nitrogen and oxygen atoms in total. The maximum absolute atomic E-state index is 14.5. The lowest BCUT2D eigenvalue weighted by atomic mass is 10.1. The number of hydrogen-bond donors (Lipinski definition) is 3. The van der Waals surface area contributed by atoms with Crippen molar-refractivity contribution in [2.24, 2.45) is 10.8 Å². The van der Waals surface area contributed by atoms with E-state index in [0.29, 0.717) is 40.9 Å². The van der Waals surface area contributed by atoms with Crippen LogP contribution in [-0.4, -0.2) is 34.5 Å². The number of aromatic nitrogens is 3. The quantitative estimate of drug-likeness (QED) is 0.125. The van der Waals surface area contributed by atoms with Gasteiger partial charge < -0.3 is 16.5 Å². The van der Waals surface area contributed by atoms with Gasteiger partial charge in [-0.15, -0.1) is 10.2 Å². The summed E-state index contributed by atoms with van der Waals surface area (Å²) in [4.78, 5) is 5.34. The van der Waals surface area contributed by atoms with Gasteiger partial charge in [-0.25, -0.2) is 13.8 Å². The van der Waals surface area contributed by atoms with E-state index in [0.717, 1.165) is 17.9 Å². The Morgan fingerprint density at radius 1 is 1.19 bits per heavy atom. The van der Waals surface area contributed by atoms with E-state index in [1.807, 2.05) is 6.92 Å². The van der Waals surface area contributed by atoms with Crippen molar-refractivity contribution in [1.82, 2.24) is 20.6 Å². The van der Waals surface area contributed by atoms with E-state index in [9.17, 15) is 8.78 Å². The minimum Gasteiger partial charge on any atom is -0.394 e. The van der Waals surface area contributed by atoms with Crippen LogP contribution in [-0.2, 0) is 6.42 Å². The first-order valence-electron chi connectivity index (χ1n) is 12.8. The average Bonchev–Trinajstić information content (AvgIpc) is 2.88. The van der Waals surface area contributed by atoms with Gasteiger partial charge in [0.15, 0.2) is 11.6 Å². The molecular formula is C27H39F2N7S. The Morgan fingerprint density at radius 3 is 2.76 bits per heavy atom. The number of hydrogen-bond acceptors (Lipinski definition) is 8. The number of anilines is 1. The number of nitrogens with one attached hydrogen (secondary N) is 2. The van der Waals surface area contributed by atoms with Gasteiger partial charge in [-0.3, -0.25) is 0 Å². The summed E-state index contributed by atoms with van der Waals surface area (Å²) in [5.74, 6) is 0.0423. The van der Waals surface area contributed by atoms with E-state index < -0.39 is 5.83 Å². The van der Waals surface area contributed by atoms with Gasteiger partial charge in [0.25, 0.3) is 0 Å². The minimum atomic E-state index is -0.405. The highest BCUT2D eigenvalue weighted by atomic mass is 32.2. The van der Waals surface area contributed by atoms with Crippen molar-refractivity contribution in [3.8, 4) is 0 Å². The predicted molar refractivity (Wildman–Crippen MR) is 151 cm³/mol. The third-order valence-corrected chi connectivity index (χ3v) is 6.41. The van der Waals surface area contributed by atoms with Crippen LogP contribution < -0.4 is 16.5 Å². The number of unbranched alkanes of at least 4 members (excludes halogenated alkanes) is 5. The van der Waals surface area contributed by atoms with Crippen molar-refractivity contribution >= 4 is 23.8 Å². The highest BCUT2D eigenvalue weighted by molar-refractivity contribution is 8.06. The molecule has 1 aliphatic carbocycles. The number of rotatable bonds is 16. The van der Waals surface area contributed by atoms with Crippen LogP contribution in [0.3, 0.4) is 0 Å². The van der Waals surface area contributed by atoms with E-state index in [4.69, 9.17) is 5.73 Å². The summed E-state index contributed by atoms with van der Waals surface area (Å²) in [7, 11) is 0. The van der Waals surface area contributed by atoms with Crippen LogP contribution >= 0.6 is 11.8 Å². The molecule has 0 unspecified atom stereocenters. The number of halogens is 2. The minimum absolute atomic E-state index is 0.0721. The van der Waals surface area contributed by atoms with Crippen LogP contribution in [0, 0.1) is 0 Å². The Hall–Kier alpha value is -3.01. The van der Waals surface area contributed by atoms with Crippen molar-refractivity contribution in [1.29, 1.82) is 0 Å². The summed E-state index contributed by atoms with van der Waals surface area (Å²) in [6, 6.07) is 0. The maximum Gasteiger partial charge on any atom is 0.158 e. The zero-order valence-electron chi connectivity index (χ0n) is 21.9. The molecule has 0 radical (unpaired) electrons. The van der Waals surface area contributed by atoms with Gasteiger partial charge in [-0.05, 0) is 37.5 Å². The summed E-state index contributed by atoms with van der Waals surface area (Å²) in [5, 5.41) is 16.5. The lowest BCUT2D eigenvalue weighted by molar-refractivity contribution is 0.580. The SMILES string of the molecule is C=C(CNc1nc(CC2=C/C=C(/F)CCC=C2F)nnc1/C=N\NCCCCCCCC)S/C(N)=C\C. The number of nitrogens with zero attached hydrogens (tertiary/aromatic N) is 4. The topological polar surface area (TPSA) is 101 Å². The molecule has 0 atom stereocenters. The van der Waals surface area contributed by atoms with Gasteiger partial charge in [-0.1, -0.05) is 69.5 Å². The van der Waals surface area contributed by atoms with Gasteiger partial charge in [0.1, 0.15) is 17.3 Å². The predicted octanol–water partition coefficient (Wildman–Crippen LogP) is 6.60. The molecule has 0 saturated heterocycles. The molecule has 1 heterocycles. The van der Waals surface area contributed by atoms with Gasteiger partial charge in [0.2, 0.25) is 0 Å². The normalized spacial score (nSPS) is 15.9. The molecule has 1 aliphatic rings. The number of thioether (sulfide) groups is 1. The molecule has 1 aromatic heterocycles. The van der Waals surface area contributed by atoms with Crippen LogP contribution in [0.4, 0.5) is 14.6 Å². The van der Waals surface area contributed by atoms with Crippen molar-refractivity contribution in [3.05, 3.63) is 69.6 Å². The Bertz CT molecular complexity index is 1030. The molecular weight excluding hydrogens is 492 g/mol. The van der Waals surface area contributed by atoms with Crippen LogP contribution in [0.15, 0.2) is 63.1 Å². The number of allylic oxidation sites excluding steroid dienone is 7. The van der Waals surface area contributed by atoms with Crippen LogP contribution in [0.1, 0.15) is 76.7 Å². The highest BCUT2D eigenvalue weighted by Gasteiger charge is 2.14. The standard InChI is InChI=1S/C27H39F2N7S/c1-4-6-7-8-9-10-16-32-33-19-24-27(31-18-20(3)37-25(30)5-2)34-26(36-35-24)17-21-14-15-22(28)12-11-13-23(21)29/h5,13-15,19,32H,3-4,6-12,16-18,30H2,1-2H3,(H,31,34,36)/b21-14?,22-15+,23-13?,25-5-,33-19-. The first-order chi connectivity index (χ1) is 17.9. The van der Waals surface area contributed by atoms with Crippen LogP contribution in [0.2, 0.25) is 0 Å². The molecule has 4 N–H and O–H groups in total. The fraction of sp³-hybridized carbons (Fsp3) is 0.481. The van der Waals surface area contributed by atoms with Crippen molar-refractivity contribution in [2.45, 2.75) is 71.6 Å². The first kappa shape index (κ1) is 30.2. The molecule has 1 aromatic rings. The second kappa shape index (κ2) is 17.4. The molecule has 0 fully saturated rings. The molecule has 0 aliphatic heterocycles. The van der Waals surface area contributed by atoms with Crippen LogP contribution in [0.25, 0.3) is 0 Å². The van der Waals surface area contributed by atoms with E-state index in [2.05, 4.69) is 44.5 Å². The molecule has 10 heteroatoms. The number of nitrogens with two attached hydrogens (primary N) is 1. The monoisotopic (exact) mass is 531 g/mol. The molecule has 0 spiro atoms. The summed E-state index contributed by atoms with van der Waals surface area (Å²) in [5.41, 5.74) is 9.65. The van der Waals surface area contributed by atoms with Gasteiger partial charge in [0, 0.05) is 30.8 Å². The fourth-order valence-corrected chi connectivity index (χ4v) is 3.99. The average molecular weight is 532 g/mol. The zero-order valence-corrected chi connectivity index (χ0v) is 22.7. The van der Waals surface area contributed by atoms with E-state index in [-0.39, 0.29) is 18.7 Å². The molecule has 2 rings (SSSR count). The molecule has 202 valence electrons. The van der Waals surface area contributed by atoms with Crippen molar-refractivity contribution < 1.29 is 8.78 Å². The van der Waals surface area contributed by atoms with E-state index in [1.54, 1.807) is 12.3 Å². The Labute approximate surface area is 223 Å². The molecule has 0 bridgehead atoms. The number of hydrazone groups is 1. The largest absolute Gasteiger partial charge is 0.394 e. The Morgan fingerprint density at radius 2 is 1.97 bits per heavy atom. The van der Waals surface area contributed by atoms with Gasteiger partial charge >= 0.3 is 0 Å². The summed E-state index contributed by atoms with van der Waals surface area (Å²) in [6.45, 7) is 9.24. The first-order valence-corrected chi connectivity index (χ1v) is 13.7. The van der Waals surface area contributed by atoms with Gasteiger partial charge in [-0.2, -0.15) is 5.10 Å². The van der Waals surface area contributed by atoms with Crippen LogP contribution in [0.5, 0.6) is 0 Å². The zero-order chi connectivity index (χ0) is 26.9.